The Morgan fingerprint density at radius 2 is 2.26 bits per heavy atom. The van der Waals surface area contributed by atoms with Crippen LogP contribution in [-0.2, 0) is 14.3 Å². The molecule has 3 aliphatic rings. The first kappa shape index (κ1) is 13.5. The molecule has 3 fully saturated rings. The molecule has 3 saturated heterocycles. The van der Waals surface area contributed by atoms with Crippen LogP contribution in [0.3, 0.4) is 0 Å². The van der Waals surface area contributed by atoms with E-state index >= 15 is 0 Å². The van der Waals surface area contributed by atoms with Crippen molar-refractivity contribution in [1.29, 1.82) is 0 Å². The van der Waals surface area contributed by atoms with Gasteiger partial charge in [0.1, 0.15) is 5.78 Å². The monoisotopic (exact) mass is 267 g/mol. The molecule has 0 bridgehead atoms. The minimum atomic E-state index is -0.131. The molecule has 4 heteroatoms. The lowest BCUT2D eigenvalue weighted by atomic mass is 9.81. The van der Waals surface area contributed by atoms with Crippen molar-refractivity contribution >= 4 is 5.78 Å². The Bertz CT molecular complexity index is 319. The Kier molecular flexibility index (Phi) is 4.20. The van der Waals surface area contributed by atoms with E-state index in [2.05, 4.69) is 5.32 Å². The second-order valence-electron chi connectivity index (χ2n) is 6.39. The SMILES string of the molecule is O=C(CCC1CCNC1)C1CCOC2(CCOC2)C1. The summed E-state index contributed by atoms with van der Waals surface area (Å²) in [5.74, 6) is 1.39. The zero-order valence-electron chi connectivity index (χ0n) is 11.7. The molecule has 3 unspecified atom stereocenters. The van der Waals surface area contributed by atoms with Crippen molar-refractivity contribution in [2.24, 2.45) is 11.8 Å². The van der Waals surface area contributed by atoms with Crippen LogP contribution in [0.4, 0.5) is 0 Å². The van der Waals surface area contributed by atoms with Gasteiger partial charge in [-0.25, -0.2) is 0 Å². The number of ketones is 1. The number of rotatable bonds is 4. The molecule has 108 valence electrons. The second-order valence-corrected chi connectivity index (χ2v) is 6.39. The van der Waals surface area contributed by atoms with Gasteiger partial charge in [-0.2, -0.15) is 0 Å². The first-order valence-electron chi connectivity index (χ1n) is 7.73. The molecule has 3 heterocycles. The van der Waals surface area contributed by atoms with Crippen LogP contribution in [-0.4, -0.2) is 44.3 Å². The summed E-state index contributed by atoms with van der Waals surface area (Å²) in [5.41, 5.74) is -0.131. The number of carbonyl (C=O) groups is 1. The van der Waals surface area contributed by atoms with Crippen LogP contribution in [0.25, 0.3) is 0 Å². The zero-order chi connectivity index (χ0) is 13.1. The van der Waals surface area contributed by atoms with Crippen LogP contribution in [0.1, 0.15) is 38.5 Å². The van der Waals surface area contributed by atoms with Gasteiger partial charge in [0.05, 0.1) is 12.2 Å². The summed E-state index contributed by atoms with van der Waals surface area (Å²) < 4.78 is 11.4. The molecule has 4 nitrogen and oxygen atoms in total. The number of hydrogen-bond donors (Lipinski definition) is 1. The van der Waals surface area contributed by atoms with Gasteiger partial charge in [0.15, 0.2) is 0 Å². The molecule has 0 saturated carbocycles. The van der Waals surface area contributed by atoms with Gasteiger partial charge in [0, 0.05) is 32.0 Å². The van der Waals surface area contributed by atoms with Crippen molar-refractivity contribution in [3.63, 3.8) is 0 Å². The normalized spacial score (nSPS) is 38.9. The van der Waals surface area contributed by atoms with Crippen LogP contribution in [0.15, 0.2) is 0 Å². The standard InChI is InChI=1S/C15H25NO3/c17-14(2-1-12-3-6-16-10-12)13-4-7-19-15(9-13)5-8-18-11-15/h12-13,16H,1-11H2. The molecule has 3 atom stereocenters. The minimum Gasteiger partial charge on any atom is -0.378 e. The number of nitrogens with one attached hydrogen (secondary N) is 1. The highest BCUT2D eigenvalue weighted by Gasteiger charge is 2.42. The first-order valence-corrected chi connectivity index (χ1v) is 7.73. The molecule has 0 aromatic rings. The maximum Gasteiger partial charge on any atom is 0.136 e. The minimum absolute atomic E-state index is 0.131. The Hall–Kier alpha value is -0.450. The summed E-state index contributed by atoms with van der Waals surface area (Å²) in [7, 11) is 0. The highest BCUT2D eigenvalue weighted by atomic mass is 16.6. The van der Waals surface area contributed by atoms with Crippen LogP contribution in [0.2, 0.25) is 0 Å². The molecule has 0 aromatic carbocycles. The predicted molar refractivity (Wildman–Crippen MR) is 72.1 cm³/mol. The van der Waals surface area contributed by atoms with Gasteiger partial charge in [-0.05, 0) is 44.7 Å². The van der Waals surface area contributed by atoms with Crippen molar-refractivity contribution in [2.75, 3.05) is 32.9 Å². The molecule has 0 aliphatic carbocycles. The van der Waals surface area contributed by atoms with E-state index in [4.69, 9.17) is 9.47 Å². The fourth-order valence-electron chi connectivity index (χ4n) is 3.68. The van der Waals surface area contributed by atoms with Gasteiger partial charge in [-0.3, -0.25) is 4.79 Å². The topological polar surface area (TPSA) is 47.6 Å². The van der Waals surface area contributed by atoms with Crippen LogP contribution >= 0.6 is 0 Å². The maximum atomic E-state index is 12.4. The molecule has 3 aliphatic heterocycles. The Morgan fingerprint density at radius 1 is 1.32 bits per heavy atom. The number of ether oxygens (including phenoxy) is 2. The van der Waals surface area contributed by atoms with Crippen LogP contribution < -0.4 is 5.32 Å². The lowest BCUT2D eigenvalue weighted by Gasteiger charge is -2.36. The van der Waals surface area contributed by atoms with E-state index < -0.39 is 0 Å². The Morgan fingerprint density at radius 3 is 3.00 bits per heavy atom. The average molecular weight is 267 g/mol. The summed E-state index contributed by atoms with van der Waals surface area (Å²) in [4.78, 5) is 12.4. The fourth-order valence-corrected chi connectivity index (χ4v) is 3.68. The zero-order valence-corrected chi connectivity index (χ0v) is 11.7. The summed E-state index contributed by atoms with van der Waals surface area (Å²) in [5, 5.41) is 3.37. The predicted octanol–water partition coefficient (Wildman–Crippen LogP) is 1.53. The van der Waals surface area contributed by atoms with Gasteiger partial charge in [0.25, 0.3) is 0 Å². The van der Waals surface area contributed by atoms with Crippen LogP contribution in [0, 0.1) is 11.8 Å². The van der Waals surface area contributed by atoms with Crippen molar-refractivity contribution < 1.29 is 14.3 Å². The Labute approximate surface area is 115 Å². The second kappa shape index (κ2) is 5.90. The van der Waals surface area contributed by atoms with E-state index in [1.54, 1.807) is 0 Å². The first-order chi connectivity index (χ1) is 9.27. The summed E-state index contributed by atoms with van der Waals surface area (Å²) >= 11 is 0. The molecule has 0 aromatic heterocycles. The molecular formula is C15H25NO3. The third-order valence-electron chi connectivity index (χ3n) is 4.98. The van der Waals surface area contributed by atoms with Gasteiger partial charge in [-0.1, -0.05) is 0 Å². The molecule has 1 N–H and O–H groups in total. The number of Topliss-reactive ketones (excluding diaryl/α,β-unsaturated/α-hetero) is 1. The number of carbonyl (C=O) groups excluding carboxylic acids is 1. The molecule has 1 spiro atoms. The average Bonchev–Trinajstić information content (AvgIpc) is 3.08. The highest BCUT2D eigenvalue weighted by Crippen LogP contribution is 2.36. The van der Waals surface area contributed by atoms with E-state index in [1.807, 2.05) is 0 Å². The van der Waals surface area contributed by atoms with Gasteiger partial charge in [-0.15, -0.1) is 0 Å². The Balaban J connectivity index is 1.48. The van der Waals surface area contributed by atoms with E-state index in [1.165, 1.54) is 6.42 Å². The van der Waals surface area contributed by atoms with Gasteiger partial charge in [0.2, 0.25) is 0 Å². The largest absolute Gasteiger partial charge is 0.378 e. The molecule has 19 heavy (non-hydrogen) atoms. The molecule has 0 radical (unpaired) electrons. The lowest BCUT2D eigenvalue weighted by molar-refractivity contribution is -0.137. The molecule has 0 amide bonds. The smallest absolute Gasteiger partial charge is 0.136 e. The summed E-state index contributed by atoms with van der Waals surface area (Å²) in [6.07, 6.45) is 5.81. The van der Waals surface area contributed by atoms with Crippen molar-refractivity contribution in [2.45, 2.75) is 44.1 Å². The fraction of sp³-hybridized carbons (Fsp3) is 0.933. The summed E-state index contributed by atoms with van der Waals surface area (Å²) in [6.45, 7) is 4.41. The molecule has 3 rings (SSSR count). The van der Waals surface area contributed by atoms with E-state index in [0.29, 0.717) is 18.3 Å². The third-order valence-corrected chi connectivity index (χ3v) is 4.98. The quantitative estimate of drug-likeness (QED) is 0.839. The number of hydrogen-bond acceptors (Lipinski definition) is 4. The third kappa shape index (κ3) is 3.18. The van der Waals surface area contributed by atoms with E-state index in [0.717, 1.165) is 58.4 Å². The van der Waals surface area contributed by atoms with E-state index in [9.17, 15) is 4.79 Å². The van der Waals surface area contributed by atoms with Crippen LogP contribution in [0.5, 0.6) is 0 Å². The van der Waals surface area contributed by atoms with Crippen molar-refractivity contribution in [3.8, 4) is 0 Å². The van der Waals surface area contributed by atoms with Crippen molar-refractivity contribution in [3.05, 3.63) is 0 Å². The van der Waals surface area contributed by atoms with Crippen molar-refractivity contribution in [1.82, 2.24) is 5.32 Å². The van der Waals surface area contributed by atoms with E-state index in [-0.39, 0.29) is 11.5 Å². The highest BCUT2D eigenvalue weighted by molar-refractivity contribution is 5.81. The van der Waals surface area contributed by atoms with Gasteiger partial charge < -0.3 is 14.8 Å². The summed E-state index contributed by atoms with van der Waals surface area (Å²) in [6, 6.07) is 0. The van der Waals surface area contributed by atoms with Gasteiger partial charge >= 0.3 is 0 Å². The lowest BCUT2D eigenvalue weighted by Crippen LogP contribution is -2.42. The maximum absolute atomic E-state index is 12.4. The molecular weight excluding hydrogens is 242 g/mol.